The van der Waals surface area contributed by atoms with E-state index in [1.54, 1.807) is 19.2 Å². The van der Waals surface area contributed by atoms with Crippen LogP contribution >= 0.6 is 0 Å². The van der Waals surface area contributed by atoms with Crippen LogP contribution < -0.4 is 19.8 Å². The number of rotatable bonds is 6. The van der Waals surface area contributed by atoms with Crippen LogP contribution in [0.4, 0.5) is 0 Å². The predicted octanol–water partition coefficient (Wildman–Crippen LogP) is 2.65. The lowest BCUT2D eigenvalue weighted by molar-refractivity contribution is -0.132. The molecule has 2 rings (SSSR count). The maximum Gasteiger partial charge on any atom is 0.308 e. The monoisotopic (exact) mass is 319 g/mol. The average molecular weight is 319 g/mol. The second-order valence-corrected chi connectivity index (χ2v) is 5.20. The quantitative estimate of drug-likeness (QED) is 0.605. The molecule has 0 aliphatic rings. The van der Waals surface area contributed by atoms with E-state index in [-0.39, 0.29) is 11.5 Å². The van der Waals surface area contributed by atoms with Gasteiger partial charge in [-0.25, -0.2) is 0 Å². The van der Waals surface area contributed by atoms with Gasteiger partial charge in [0.1, 0.15) is 5.75 Å². The molecule has 6 heteroatoms. The number of methoxy groups -OCH3 is 1. The molecule has 0 saturated heterocycles. The minimum absolute atomic E-state index is 0.102. The largest absolute Gasteiger partial charge is 0.494 e. The van der Waals surface area contributed by atoms with Crippen molar-refractivity contribution in [2.24, 2.45) is 7.05 Å². The topological polar surface area (TPSA) is 66.8 Å². The summed E-state index contributed by atoms with van der Waals surface area (Å²) >= 11 is 0. The lowest BCUT2D eigenvalue weighted by atomic mass is 10.1. The Morgan fingerprint density at radius 2 is 2.00 bits per heavy atom. The molecule has 0 saturated carbocycles. The van der Waals surface area contributed by atoms with Crippen molar-refractivity contribution in [2.75, 3.05) is 13.7 Å². The Morgan fingerprint density at radius 3 is 2.61 bits per heavy atom. The van der Waals surface area contributed by atoms with Gasteiger partial charge >= 0.3 is 5.97 Å². The maximum absolute atomic E-state index is 12.4. The van der Waals surface area contributed by atoms with Crippen molar-refractivity contribution < 1.29 is 19.0 Å². The summed E-state index contributed by atoms with van der Waals surface area (Å²) in [5.41, 5.74) is 0.215. The van der Waals surface area contributed by atoms with Crippen LogP contribution in [0.15, 0.2) is 23.0 Å². The third-order valence-corrected chi connectivity index (χ3v) is 3.50. The Morgan fingerprint density at radius 1 is 1.26 bits per heavy atom. The number of unbranched alkanes of at least 4 members (excludes halogenated alkanes) is 1. The van der Waals surface area contributed by atoms with Crippen LogP contribution in [0.5, 0.6) is 17.2 Å². The van der Waals surface area contributed by atoms with E-state index in [1.807, 2.05) is 6.07 Å². The molecule has 6 nitrogen and oxygen atoms in total. The number of aryl methyl sites for hydroxylation is 1. The molecule has 0 spiro atoms. The normalized spacial score (nSPS) is 10.6. The maximum atomic E-state index is 12.4. The number of carbonyl (C=O) groups is 1. The third kappa shape index (κ3) is 3.47. The van der Waals surface area contributed by atoms with E-state index in [4.69, 9.17) is 14.2 Å². The minimum Gasteiger partial charge on any atom is -0.494 e. The number of nitrogens with zero attached hydrogens (tertiary/aromatic N) is 1. The minimum atomic E-state index is -0.570. The fraction of sp³-hybridized carbons (Fsp3) is 0.412. The standard InChI is InChI=1S/C17H21NO5/c1-5-6-9-22-12-7-8-13-14(10-12)18(3)17(20)16(15(13)21-4)23-11(2)19/h7-8,10H,5-6,9H2,1-4H3. The molecule has 0 radical (unpaired) electrons. The summed E-state index contributed by atoms with van der Waals surface area (Å²) in [6, 6.07) is 5.39. The van der Waals surface area contributed by atoms with Gasteiger partial charge in [-0.05, 0) is 18.6 Å². The number of esters is 1. The number of ether oxygens (including phenoxy) is 3. The smallest absolute Gasteiger partial charge is 0.308 e. The van der Waals surface area contributed by atoms with Crippen LogP contribution in [-0.2, 0) is 11.8 Å². The fourth-order valence-corrected chi connectivity index (χ4v) is 2.32. The number of benzene rings is 1. The number of fused-ring (bicyclic) bond motifs is 1. The molecule has 0 atom stereocenters. The molecule has 0 aliphatic heterocycles. The SMILES string of the molecule is CCCCOc1ccc2c(OC)c(OC(C)=O)c(=O)n(C)c2c1. The van der Waals surface area contributed by atoms with Gasteiger partial charge < -0.3 is 18.8 Å². The highest BCUT2D eigenvalue weighted by Crippen LogP contribution is 2.34. The van der Waals surface area contributed by atoms with Gasteiger partial charge in [-0.2, -0.15) is 0 Å². The number of hydrogen-bond acceptors (Lipinski definition) is 5. The van der Waals surface area contributed by atoms with Crippen molar-refractivity contribution in [3.05, 3.63) is 28.6 Å². The summed E-state index contributed by atoms with van der Waals surface area (Å²) in [4.78, 5) is 23.7. The number of hydrogen-bond donors (Lipinski definition) is 0. The Balaban J connectivity index is 2.58. The second kappa shape index (κ2) is 7.17. The Kier molecular flexibility index (Phi) is 5.26. The molecular formula is C17H21NO5. The van der Waals surface area contributed by atoms with Crippen molar-refractivity contribution in [1.82, 2.24) is 4.57 Å². The zero-order chi connectivity index (χ0) is 17.0. The van der Waals surface area contributed by atoms with Crippen LogP contribution in [0.3, 0.4) is 0 Å². The highest BCUT2D eigenvalue weighted by Gasteiger charge is 2.19. The average Bonchev–Trinajstić information content (AvgIpc) is 2.53. The molecule has 23 heavy (non-hydrogen) atoms. The van der Waals surface area contributed by atoms with Crippen LogP contribution in [0.2, 0.25) is 0 Å². The van der Waals surface area contributed by atoms with Gasteiger partial charge in [0.2, 0.25) is 5.75 Å². The summed E-state index contributed by atoms with van der Waals surface area (Å²) in [7, 11) is 3.06. The van der Waals surface area contributed by atoms with E-state index < -0.39 is 11.5 Å². The van der Waals surface area contributed by atoms with Gasteiger partial charge in [0.15, 0.2) is 5.75 Å². The lowest BCUT2D eigenvalue weighted by Gasteiger charge is -2.15. The van der Waals surface area contributed by atoms with Crippen molar-refractivity contribution in [3.8, 4) is 17.2 Å². The highest BCUT2D eigenvalue weighted by atomic mass is 16.6. The Bertz CT molecular complexity index is 779. The van der Waals surface area contributed by atoms with Gasteiger partial charge in [0.05, 0.1) is 19.2 Å². The van der Waals surface area contributed by atoms with Crippen molar-refractivity contribution in [1.29, 1.82) is 0 Å². The van der Waals surface area contributed by atoms with E-state index in [0.717, 1.165) is 12.8 Å². The summed E-state index contributed by atoms with van der Waals surface area (Å²) in [6.07, 6.45) is 2.01. The van der Waals surface area contributed by atoms with Crippen LogP contribution in [0.25, 0.3) is 10.9 Å². The summed E-state index contributed by atoms with van der Waals surface area (Å²) in [6.45, 7) is 3.96. The molecule has 0 amide bonds. The van der Waals surface area contributed by atoms with Crippen LogP contribution in [-0.4, -0.2) is 24.3 Å². The molecule has 124 valence electrons. The zero-order valence-corrected chi connectivity index (χ0v) is 13.8. The van der Waals surface area contributed by atoms with E-state index in [2.05, 4.69) is 6.92 Å². The number of pyridine rings is 1. The third-order valence-electron chi connectivity index (χ3n) is 3.50. The van der Waals surface area contributed by atoms with E-state index in [0.29, 0.717) is 23.3 Å². The second-order valence-electron chi connectivity index (χ2n) is 5.20. The number of aromatic nitrogens is 1. The first kappa shape index (κ1) is 16.9. The van der Waals surface area contributed by atoms with E-state index >= 15 is 0 Å². The summed E-state index contributed by atoms with van der Waals surface area (Å²) in [5.74, 6) is 0.260. The summed E-state index contributed by atoms with van der Waals surface area (Å²) in [5, 5.41) is 0.675. The molecular weight excluding hydrogens is 298 g/mol. The lowest BCUT2D eigenvalue weighted by Crippen LogP contribution is -2.22. The molecule has 0 N–H and O–H groups in total. The first-order valence-electron chi connectivity index (χ1n) is 7.51. The Hall–Kier alpha value is -2.50. The van der Waals surface area contributed by atoms with Gasteiger partial charge in [-0.1, -0.05) is 13.3 Å². The van der Waals surface area contributed by atoms with Gasteiger partial charge in [-0.15, -0.1) is 0 Å². The van der Waals surface area contributed by atoms with E-state index in [1.165, 1.54) is 18.6 Å². The molecule has 1 aromatic heterocycles. The van der Waals surface area contributed by atoms with Gasteiger partial charge in [0, 0.05) is 25.4 Å². The molecule has 0 fully saturated rings. The van der Waals surface area contributed by atoms with Crippen molar-refractivity contribution >= 4 is 16.9 Å². The molecule has 0 aliphatic carbocycles. The van der Waals surface area contributed by atoms with Crippen LogP contribution in [0, 0.1) is 0 Å². The number of carbonyl (C=O) groups excluding carboxylic acids is 1. The molecule has 1 aromatic carbocycles. The molecule has 2 aromatic rings. The molecule has 0 unspecified atom stereocenters. The highest BCUT2D eigenvalue weighted by molar-refractivity contribution is 5.89. The van der Waals surface area contributed by atoms with Crippen molar-refractivity contribution in [2.45, 2.75) is 26.7 Å². The predicted molar refractivity (Wildman–Crippen MR) is 87.5 cm³/mol. The van der Waals surface area contributed by atoms with Gasteiger partial charge in [0.25, 0.3) is 5.56 Å². The van der Waals surface area contributed by atoms with Crippen molar-refractivity contribution in [3.63, 3.8) is 0 Å². The first-order chi connectivity index (χ1) is 11.0. The Labute approximate surface area is 134 Å². The fourth-order valence-electron chi connectivity index (χ4n) is 2.32. The zero-order valence-electron chi connectivity index (χ0n) is 13.8. The van der Waals surface area contributed by atoms with Crippen LogP contribution in [0.1, 0.15) is 26.7 Å². The van der Waals surface area contributed by atoms with Gasteiger partial charge in [-0.3, -0.25) is 9.59 Å². The first-order valence-corrected chi connectivity index (χ1v) is 7.51. The molecule has 1 heterocycles. The molecule has 0 bridgehead atoms. The summed E-state index contributed by atoms with van der Waals surface area (Å²) < 4.78 is 17.4. The van der Waals surface area contributed by atoms with E-state index in [9.17, 15) is 9.59 Å².